The third kappa shape index (κ3) is 2.93. The molecule has 0 bridgehead atoms. The third-order valence-electron chi connectivity index (χ3n) is 2.90. The summed E-state index contributed by atoms with van der Waals surface area (Å²) >= 11 is 0. The van der Waals surface area contributed by atoms with Crippen LogP contribution in [0, 0.1) is 0 Å². The molecule has 0 aromatic rings. The van der Waals surface area contributed by atoms with Crippen molar-refractivity contribution in [3.63, 3.8) is 0 Å². The zero-order valence-corrected chi connectivity index (χ0v) is 9.29. The number of methoxy groups -OCH3 is 1. The Balaban J connectivity index is 2.42. The molecule has 13 heavy (non-hydrogen) atoms. The molecular weight excluding hydrogens is 164 g/mol. The Hall–Kier alpha value is -0.120. The summed E-state index contributed by atoms with van der Waals surface area (Å²) in [7, 11) is 3.96. The Morgan fingerprint density at radius 2 is 2.08 bits per heavy atom. The van der Waals surface area contributed by atoms with E-state index < -0.39 is 0 Å². The zero-order valence-electron chi connectivity index (χ0n) is 9.29. The van der Waals surface area contributed by atoms with Crippen LogP contribution in [0.1, 0.15) is 13.8 Å². The molecule has 0 unspecified atom stereocenters. The molecule has 0 aromatic heterocycles. The van der Waals surface area contributed by atoms with Crippen LogP contribution in [0.3, 0.4) is 0 Å². The first kappa shape index (κ1) is 11.0. The van der Waals surface area contributed by atoms with Crippen molar-refractivity contribution in [2.75, 3.05) is 40.4 Å². The van der Waals surface area contributed by atoms with Crippen molar-refractivity contribution in [1.82, 2.24) is 9.80 Å². The van der Waals surface area contributed by atoms with E-state index in [1.54, 1.807) is 7.11 Å². The molecule has 0 radical (unpaired) electrons. The van der Waals surface area contributed by atoms with Gasteiger partial charge in [-0.3, -0.25) is 9.80 Å². The maximum Gasteiger partial charge on any atom is 0.0630 e. The van der Waals surface area contributed by atoms with Gasteiger partial charge < -0.3 is 4.74 Å². The Bertz CT molecular complexity index is 150. The summed E-state index contributed by atoms with van der Waals surface area (Å²) in [6.07, 6.45) is 0. The number of rotatable bonds is 3. The fraction of sp³-hybridized carbons (Fsp3) is 1.00. The van der Waals surface area contributed by atoms with Crippen LogP contribution >= 0.6 is 0 Å². The largest absolute Gasteiger partial charge is 0.383 e. The first-order valence-electron chi connectivity index (χ1n) is 5.08. The molecule has 1 fully saturated rings. The van der Waals surface area contributed by atoms with Crippen LogP contribution in [0.2, 0.25) is 0 Å². The number of nitrogens with zero attached hydrogens (tertiary/aromatic N) is 2. The van der Waals surface area contributed by atoms with Gasteiger partial charge in [-0.05, 0) is 20.9 Å². The zero-order chi connectivity index (χ0) is 9.84. The second-order valence-corrected chi connectivity index (χ2v) is 4.18. The molecule has 1 aliphatic rings. The van der Waals surface area contributed by atoms with E-state index in [-0.39, 0.29) is 0 Å². The molecule has 0 spiro atoms. The highest BCUT2D eigenvalue weighted by Crippen LogP contribution is 2.10. The van der Waals surface area contributed by atoms with Gasteiger partial charge in [0.2, 0.25) is 0 Å². The summed E-state index contributed by atoms with van der Waals surface area (Å²) in [6, 6.07) is 1.23. The van der Waals surface area contributed by atoms with E-state index in [0.29, 0.717) is 12.1 Å². The number of hydrogen-bond acceptors (Lipinski definition) is 3. The van der Waals surface area contributed by atoms with Gasteiger partial charge in [-0.25, -0.2) is 0 Å². The molecule has 0 aliphatic carbocycles. The maximum absolute atomic E-state index is 5.21. The number of piperazine rings is 1. The quantitative estimate of drug-likeness (QED) is 0.644. The number of ether oxygens (including phenoxy) is 1. The highest BCUT2D eigenvalue weighted by atomic mass is 16.5. The number of hydrogen-bond donors (Lipinski definition) is 0. The lowest BCUT2D eigenvalue weighted by Gasteiger charge is -2.41. The van der Waals surface area contributed by atoms with Crippen molar-refractivity contribution in [2.45, 2.75) is 25.9 Å². The van der Waals surface area contributed by atoms with Gasteiger partial charge >= 0.3 is 0 Å². The molecular formula is C10H22N2O. The Kier molecular flexibility index (Phi) is 4.16. The molecule has 1 rings (SSSR count). The lowest BCUT2D eigenvalue weighted by molar-refractivity contribution is 0.0286. The summed E-state index contributed by atoms with van der Waals surface area (Å²) in [5, 5.41) is 0. The van der Waals surface area contributed by atoms with E-state index in [0.717, 1.165) is 19.7 Å². The summed E-state index contributed by atoms with van der Waals surface area (Å²) in [5.41, 5.74) is 0. The van der Waals surface area contributed by atoms with Crippen molar-refractivity contribution in [3.8, 4) is 0 Å². The lowest BCUT2D eigenvalue weighted by atomic mass is 10.1. The van der Waals surface area contributed by atoms with E-state index in [1.165, 1.54) is 6.54 Å². The van der Waals surface area contributed by atoms with Crippen molar-refractivity contribution >= 4 is 0 Å². The van der Waals surface area contributed by atoms with Gasteiger partial charge in [-0.15, -0.1) is 0 Å². The van der Waals surface area contributed by atoms with Crippen molar-refractivity contribution in [1.29, 1.82) is 0 Å². The smallest absolute Gasteiger partial charge is 0.0630 e. The van der Waals surface area contributed by atoms with E-state index in [2.05, 4.69) is 30.7 Å². The van der Waals surface area contributed by atoms with Crippen LogP contribution in [-0.2, 0) is 4.74 Å². The van der Waals surface area contributed by atoms with Crippen LogP contribution in [0.25, 0.3) is 0 Å². The predicted molar refractivity (Wildman–Crippen MR) is 55.0 cm³/mol. The molecule has 0 saturated carbocycles. The number of likely N-dealkylation sites (N-methyl/N-ethyl adjacent to an activating group) is 1. The van der Waals surface area contributed by atoms with Crippen molar-refractivity contribution in [3.05, 3.63) is 0 Å². The molecule has 1 saturated heterocycles. The summed E-state index contributed by atoms with van der Waals surface area (Å²) in [5.74, 6) is 0. The van der Waals surface area contributed by atoms with Gasteiger partial charge in [-0.2, -0.15) is 0 Å². The summed E-state index contributed by atoms with van der Waals surface area (Å²) < 4.78 is 5.21. The second-order valence-electron chi connectivity index (χ2n) is 4.18. The first-order chi connectivity index (χ1) is 6.15. The molecule has 0 amide bonds. The van der Waals surface area contributed by atoms with Gasteiger partial charge in [0, 0.05) is 38.8 Å². The van der Waals surface area contributed by atoms with Crippen LogP contribution in [0.4, 0.5) is 0 Å². The SMILES string of the molecule is COC[C@H]1CN(C(C)C)CCN1C. The van der Waals surface area contributed by atoms with E-state index in [1.807, 2.05) is 0 Å². The van der Waals surface area contributed by atoms with E-state index in [9.17, 15) is 0 Å². The summed E-state index contributed by atoms with van der Waals surface area (Å²) in [6.45, 7) is 8.85. The monoisotopic (exact) mass is 186 g/mol. The highest BCUT2D eigenvalue weighted by Gasteiger charge is 2.25. The molecule has 3 heteroatoms. The minimum Gasteiger partial charge on any atom is -0.383 e. The molecule has 78 valence electrons. The topological polar surface area (TPSA) is 15.7 Å². The van der Waals surface area contributed by atoms with Crippen LogP contribution < -0.4 is 0 Å². The van der Waals surface area contributed by atoms with Crippen LogP contribution in [0.15, 0.2) is 0 Å². The fourth-order valence-corrected chi connectivity index (χ4v) is 1.81. The Labute approximate surface area is 81.7 Å². The third-order valence-corrected chi connectivity index (χ3v) is 2.90. The Morgan fingerprint density at radius 1 is 1.38 bits per heavy atom. The molecule has 1 heterocycles. The summed E-state index contributed by atoms with van der Waals surface area (Å²) in [4.78, 5) is 4.91. The Morgan fingerprint density at radius 3 is 2.62 bits per heavy atom. The average molecular weight is 186 g/mol. The standard InChI is InChI=1S/C10H22N2O/c1-9(2)12-6-5-11(3)10(7-12)8-13-4/h9-10H,5-8H2,1-4H3/t10-/m1/s1. The van der Waals surface area contributed by atoms with Gasteiger partial charge in [0.05, 0.1) is 6.61 Å². The second kappa shape index (κ2) is 4.94. The minimum atomic E-state index is 0.571. The van der Waals surface area contributed by atoms with Crippen molar-refractivity contribution < 1.29 is 4.74 Å². The molecule has 1 aliphatic heterocycles. The van der Waals surface area contributed by atoms with Crippen molar-refractivity contribution in [2.24, 2.45) is 0 Å². The normalized spacial score (nSPS) is 27.0. The van der Waals surface area contributed by atoms with Crippen LogP contribution in [-0.4, -0.2) is 62.3 Å². The lowest BCUT2D eigenvalue weighted by Crippen LogP contribution is -2.54. The van der Waals surface area contributed by atoms with Gasteiger partial charge in [0.25, 0.3) is 0 Å². The molecule has 0 N–H and O–H groups in total. The minimum absolute atomic E-state index is 0.571. The predicted octanol–water partition coefficient (Wildman–Crippen LogP) is 0.657. The molecule has 3 nitrogen and oxygen atoms in total. The van der Waals surface area contributed by atoms with Gasteiger partial charge in [0.15, 0.2) is 0 Å². The first-order valence-corrected chi connectivity index (χ1v) is 5.08. The van der Waals surface area contributed by atoms with Gasteiger partial charge in [0.1, 0.15) is 0 Å². The average Bonchev–Trinajstić information content (AvgIpc) is 2.08. The fourth-order valence-electron chi connectivity index (χ4n) is 1.81. The van der Waals surface area contributed by atoms with E-state index in [4.69, 9.17) is 4.74 Å². The van der Waals surface area contributed by atoms with Crippen LogP contribution in [0.5, 0.6) is 0 Å². The van der Waals surface area contributed by atoms with Gasteiger partial charge in [-0.1, -0.05) is 0 Å². The maximum atomic E-state index is 5.21. The highest BCUT2D eigenvalue weighted by molar-refractivity contribution is 4.81. The van der Waals surface area contributed by atoms with E-state index >= 15 is 0 Å². The molecule has 1 atom stereocenters. The molecule has 0 aromatic carbocycles.